The Morgan fingerprint density at radius 3 is 2.11 bits per heavy atom. The number of hydrogen-bond donors (Lipinski definition) is 1. The van der Waals surface area contributed by atoms with Gasteiger partial charge < -0.3 is 15.2 Å². The van der Waals surface area contributed by atoms with E-state index in [2.05, 4.69) is 12.2 Å². The molecule has 0 saturated carbocycles. The van der Waals surface area contributed by atoms with Gasteiger partial charge in [-0.05, 0) is 25.2 Å². The van der Waals surface area contributed by atoms with E-state index in [1.807, 2.05) is 0 Å². The van der Waals surface area contributed by atoms with E-state index >= 15 is 0 Å². The summed E-state index contributed by atoms with van der Waals surface area (Å²) in [6, 6.07) is 0. The van der Waals surface area contributed by atoms with Crippen LogP contribution in [0.5, 0.6) is 0 Å². The molecule has 0 spiro atoms. The molecule has 0 fully saturated rings. The fourth-order valence-electron chi connectivity index (χ4n) is 2.15. The number of nitrogens with one attached hydrogen (secondary N) is 1. The zero-order valence-corrected chi connectivity index (χ0v) is 12.4. The highest BCUT2D eigenvalue weighted by molar-refractivity contribution is 5.72. The SMILES string of the molecule is CCCCCCCC(CCCCNC(C)=O)C(=O)[O-]. The summed E-state index contributed by atoms with van der Waals surface area (Å²) in [7, 11) is 0. The van der Waals surface area contributed by atoms with Crippen molar-refractivity contribution in [2.24, 2.45) is 5.92 Å². The van der Waals surface area contributed by atoms with Crippen molar-refractivity contribution in [3.8, 4) is 0 Å². The van der Waals surface area contributed by atoms with E-state index in [0.717, 1.165) is 32.1 Å². The highest BCUT2D eigenvalue weighted by Crippen LogP contribution is 2.17. The Bertz CT molecular complexity index is 254. The molecule has 19 heavy (non-hydrogen) atoms. The lowest BCUT2D eigenvalue weighted by molar-refractivity contribution is -0.312. The fraction of sp³-hybridized carbons (Fsp3) is 0.867. The molecule has 0 aromatic rings. The second-order valence-corrected chi connectivity index (χ2v) is 5.20. The van der Waals surface area contributed by atoms with E-state index in [0.29, 0.717) is 13.0 Å². The van der Waals surface area contributed by atoms with Gasteiger partial charge in [-0.2, -0.15) is 0 Å². The van der Waals surface area contributed by atoms with Gasteiger partial charge >= 0.3 is 0 Å². The maximum Gasteiger partial charge on any atom is 0.216 e. The van der Waals surface area contributed by atoms with E-state index in [1.54, 1.807) is 0 Å². The summed E-state index contributed by atoms with van der Waals surface area (Å²) in [6.07, 6.45) is 8.77. The Balaban J connectivity index is 3.62. The van der Waals surface area contributed by atoms with Crippen molar-refractivity contribution < 1.29 is 14.7 Å². The van der Waals surface area contributed by atoms with Crippen LogP contribution in [0.1, 0.15) is 71.6 Å². The molecule has 0 rings (SSSR count). The Kier molecular flexibility index (Phi) is 11.3. The highest BCUT2D eigenvalue weighted by Gasteiger charge is 2.09. The third-order valence-corrected chi connectivity index (χ3v) is 3.34. The molecular formula is C15H28NO3-. The number of unbranched alkanes of at least 4 members (excludes halogenated alkanes) is 5. The second-order valence-electron chi connectivity index (χ2n) is 5.20. The first-order chi connectivity index (χ1) is 9.07. The lowest BCUT2D eigenvalue weighted by atomic mass is 9.95. The average molecular weight is 270 g/mol. The van der Waals surface area contributed by atoms with Crippen molar-refractivity contribution in [3.05, 3.63) is 0 Å². The average Bonchev–Trinajstić information content (AvgIpc) is 2.35. The van der Waals surface area contributed by atoms with Gasteiger partial charge in [0.25, 0.3) is 0 Å². The van der Waals surface area contributed by atoms with Gasteiger partial charge in [-0.15, -0.1) is 0 Å². The highest BCUT2D eigenvalue weighted by atomic mass is 16.4. The molecule has 1 N–H and O–H groups in total. The minimum atomic E-state index is -0.921. The Hall–Kier alpha value is -1.06. The normalized spacial score (nSPS) is 12.1. The van der Waals surface area contributed by atoms with Gasteiger partial charge in [0, 0.05) is 19.4 Å². The largest absolute Gasteiger partial charge is 0.550 e. The minimum Gasteiger partial charge on any atom is -0.550 e. The molecule has 0 aliphatic heterocycles. The van der Waals surface area contributed by atoms with E-state index < -0.39 is 5.97 Å². The predicted octanol–water partition coefficient (Wildman–Crippen LogP) is 2.02. The molecule has 1 atom stereocenters. The number of aliphatic carboxylic acids is 1. The summed E-state index contributed by atoms with van der Waals surface area (Å²) in [6.45, 7) is 4.28. The van der Waals surface area contributed by atoms with E-state index in [9.17, 15) is 14.7 Å². The van der Waals surface area contributed by atoms with Crippen LogP contribution in [0.2, 0.25) is 0 Å². The molecule has 0 bridgehead atoms. The zero-order chi connectivity index (χ0) is 14.5. The van der Waals surface area contributed by atoms with Gasteiger partial charge in [-0.1, -0.05) is 45.4 Å². The first kappa shape index (κ1) is 17.9. The number of carbonyl (C=O) groups is 2. The summed E-state index contributed by atoms with van der Waals surface area (Å²) in [5, 5.41) is 13.7. The van der Waals surface area contributed by atoms with Crippen molar-refractivity contribution in [3.63, 3.8) is 0 Å². The quantitative estimate of drug-likeness (QED) is 0.552. The van der Waals surface area contributed by atoms with Crippen LogP contribution in [-0.2, 0) is 9.59 Å². The Morgan fingerprint density at radius 2 is 1.58 bits per heavy atom. The van der Waals surface area contributed by atoms with Crippen LogP contribution in [-0.4, -0.2) is 18.4 Å². The standard InChI is InChI=1S/C15H29NO3/c1-3-4-5-6-7-10-14(15(18)19)11-8-9-12-16-13(2)17/h14H,3-12H2,1-2H3,(H,16,17)(H,18,19)/p-1. The second kappa shape index (κ2) is 12.0. The first-order valence-corrected chi connectivity index (χ1v) is 7.53. The molecule has 0 heterocycles. The van der Waals surface area contributed by atoms with Crippen LogP contribution < -0.4 is 10.4 Å². The maximum atomic E-state index is 11.0. The van der Waals surface area contributed by atoms with Gasteiger partial charge in [0.15, 0.2) is 0 Å². The number of rotatable bonds is 12. The summed E-state index contributed by atoms with van der Waals surface area (Å²) in [4.78, 5) is 21.7. The molecule has 0 saturated heterocycles. The number of carbonyl (C=O) groups excluding carboxylic acids is 2. The number of amides is 1. The summed E-state index contributed by atoms with van der Waals surface area (Å²) in [5.41, 5.74) is 0. The molecule has 112 valence electrons. The Morgan fingerprint density at radius 1 is 1.00 bits per heavy atom. The zero-order valence-electron chi connectivity index (χ0n) is 12.4. The molecule has 1 amide bonds. The van der Waals surface area contributed by atoms with Crippen LogP contribution >= 0.6 is 0 Å². The Labute approximate surface area is 117 Å². The molecule has 0 aliphatic rings. The molecule has 0 aromatic carbocycles. The van der Waals surface area contributed by atoms with Crippen LogP contribution in [0.4, 0.5) is 0 Å². The summed E-state index contributed by atoms with van der Waals surface area (Å²) < 4.78 is 0. The maximum absolute atomic E-state index is 11.0. The van der Waals surface area contributed by atoms with Crippen LogP contribution in [0.15, 0.2) is 0 Å². The number of carboxylic acids is 1. The third-order valence-electron chi connectivity index (χ3n) is 3.34. The van der Waals surface area contributed by atoms with Crippen LogP contribution in [0.3, 0.4) is 0 Å². The molecule has 0 radical (unpaired) electrons. The summed E-state index contributed by atoms with van der Waals surface area (Å²) in [5.74, 6) is -1.28. The van der Waals surface area contributed by atoms with Crippen LogP contribution in [0, 0.1) is 5.92 Å². The lowest BCUT2D eigenvalue weighted by Gasteiger charge is -2.17. The van der Waals surface area contributed by atoms with Crippen molar-refractivity contribution in [2.45, 2.75) is 71.6 Å². The molecule has 0 aromatic heterocycles. The number of carboxylic acid groups (broad SMARTS) is 1. The van der Waals surface area contributed by atoms with Gasteiger partial charge in [-0.25, -0.2) is 0 Å². The molecule has 4 heteroatoms. The molecular weight excluding hydrogens is 242 g/mol. The fourth-order valence-corrected chi connectivity index (χ4v) is 2.15. The van der Waals surface area contributed by atoms with Crippen molar-refractivity contribution in [1.82, 2.24) is 5.32 Å². The van der Waals surface area contributed by atoms with Gasteiger partial charge in [0.2, 0.25) is 5.91 Å². The van der Waals surface area contributed by atoms with Crippen molar-refractivity contribution in [1.29, 1.82) is 0 Å². The van der Waals surface area contributed by atoms with E-state index in [4.69, 9.17) is 0 Å². The van der Waals surface area contributed by atoms with Gasteiger partial charge in [0.05, 0.1) is 0 Å². The van der Waals surface area contributed by atoms with E-state index in [-0.39, 0.29) is 11.8 Å². The molecule has 4 nitrogen and oxygen atoms in total. The lowest BCUT2D eigenvalue weighted by Crippen LogP contribution is -2.31. The van der Waals surface area contributed by atoms with Crippen LogP contribution in [0.25, 0.3) is 0 Å². The molecule has 1 unspecified atom stereocenters. The summed E-state index contributed by atoms with van der Waals surface area (Å²) >= 11 is 0. The van der Waals surface area contributed by atoms with E-state index in [1.165, 1.54) is 26.2 Å². The topological polar surface area (TPSA) is 69.2 Å². The predicted molar refractivity (Wildman–Crippen MR) is 74.4 cm³/mol. The monoisotopic (exact) mass is 270 g/mol. The molecule has 0 aliphatic carbocycles. The van der Waals surface area contributed by atoms with Crippen molar-refractivity contribution >= 4 is 11.9 Å². The van der Waals surface area contributed by atoms with Crippen molar-refractivity contribution in [2.75, 3.05) is 6.54 Å². The minimum absolute atomic E-state index is 0.0348. The first-order valence-electron chi connectivity index (χ1n) is 7.53. The smallest absolute Gasteiger partial charge is 0.216 e. The third kappa shape index (κ3) is 11.7. The number of hydrogen-bond acceptors (Lipinski definition) is 3. The van der Waals surface area contributed by atoms with Gasteiger partial charge in [0.1, 0.15) is 0 Å². The van der Waals surface area contributed by atoms with Gasteiger partial charge in [-0.3, -0.25) is 4.79 Å².